The molecule has 1 saturated heterocycles. The first-order valence-corrected chi connectivity index (χ1v) is 9.63. The van der Waals surface area contributed by atoms with Crippen LogP contribution in [-0.4, -0.2) is 46.4 Å². The molecule has 0 atom stereocenters. The molecule has 142 valence electrons. The topological polar surface area (TPSA) is 86.7 Å². The van der Waals surface area contributed by atoms with Gasteiger partial charge < -0.3 is 15.3 Å². The van der Waals surface area contributed by atoms with Gasteiger partial charge in [0.1, 0.15) is 5.54 Å². The minimum Gasteiger partial charge on any atom is -0.480 e. The monoisotopic (exact) mass is 352 g/mol. The number of piperidine rings is 1. The van der Waals surface area contributed by atoms with Gasteiger partial charge in [0.15, 0.2) is 0 Å². The number of rotatable bonds is 5. The summed E-state index contributed by atoms with van der Waals surface area (Å²) < 4.78 is 0. The molecule has 1 aliphatic carbocycles. The van der Waals surface area contributed by atoms with Crippen molar-refractivity contribution >= 4 is 17.8 Å². The molecule has 6 heteroatoms. The van der Waals surface area contributed by atoms with Crippen molar-refractivity contribution in [2.24, 2.45) is 17.8 Å². The highest BCUT2D eigenvalue weighted by molar-refractivity contribution is 5.88. The van der Waals surface area contributed by atoms with Crippen LogP contribution in [0.15, 0.2) is 0 Å². The quantitative estimate of drug-likeness (QED) is 0.795. The summed E-state index contributed by atoms with van der Waals surface area (Å²) in [5.74, 6) is -0.615. The lowest BCUT2D eigenvalue weighted by Crippen LogP contribution is -2.58. The zero-order chi connectivity index (χ0) is 18.6. The number of carbonyl (C=O) groups excluding carboxylic acids is 2. The number of carboxylic acid groups (broad SMARTS) is 1. The van der Waals surface area contributed by atoms with Gasteiger partial charge in [-0.15, -0.1) is 0 Å². The number of carbonyl (C=O) groups is 3. The van der Waals surface area contributed by atoms with Crippen molar-refractivity contribution in [1.82, 2.24) is 10.2 Å². The predicted octanol–water partition coefficient (Wildman–Crippen LogP) is 2.42. The largest absolute Gasteiger partial charge is 0.480 e. The van der Waals surface area contributed by atoms with Gasteiger partial charge in [-0.1, -0.05) is 27.2 Å². The second kappa shape index (κ2) is 8.19. The Kier molecular flexibility index (Phi) is 6.47. The molecule has 0 radical (unpaired) electrons. The number of hydrogen-bond acceptors (Lipinski definition) is 3. The third-order valence-corrected chi connectivity index (χ3v) is 5.98. The molecule has 0 aromatic heterocycles. The second-order valence-corrected chi connectivity index (χ2v) is 7.98. The zero-order valence-electron chi connectivity index (χ0n) is 15.7. The molecule has 2 fully saturated rings. The fourth-order valence-electron chi connectivity index (χ4n) is 4.04. The summed E-state index contributed by atoms with van der Waals surface area (Å²) in [6, 6.07) is 0. The smallest absolute Gasteiger partial charge is 0.329 e. The van der Waals surface area contributed by atoms with E-state index in [0.29, 0.717) is 44.7 Å². The molecule has 1 aliphatic heterocycles. The van der Waals surface area contributed by atoms with Crippen LogP contribution >= 0.6 is 0 Å². The van der Waals surface area contributed by atoms with E-state index in [4.69, 9.17) is 0 Å². The van der Waals surface area contributed by atoms with Crippen LogP contribution in [-0.2, 0) is 14.4 Å². The van der Waals surface area contributed by atoms with E-state index in [0.717, 1.165) is 19.3 Å². The Morgan fingerprint density at radius 2 is 1.68 bits per heavy atom. The summed E-state index contributed by atoms with van der Waals surface area (Å²) in [6.45, 7) is 7.04. The van der Waals surface area contributed by atoms with Crippen LogP contribution in [0.2, 0.25) is 0 Å². The summed E-state index contributed by atoms with van der Waals surface area (Å²) >= 11 is 0. The number of likely N-dealkylation sites (tertiary alicyclic amines) is 1. The first-order chi connectivity index (χ1) is 11.8. The minimum atomic E-state index is -1.10. The summed E-state index contributed by atoms with van der Waals surface area (Å²) in [4.78, 5) is 38.3. The molecule has 0 spiro atoms. The van der Waals surface area contributed by atoms with E-state index < -0.39 is 11.5 Å². The molecule has 0 bridgehead atoms. The van der Waals surface area contributed by atoms with Gasteiger partial charge in [0.25, 0.3) is 0 Å². The normalized spacial score (nSPS) is 28.0. The number of hydrogen-bond donors (Lipinski definition) is 2. The molecule has 6 nitrogen and oxygen atoms in total. The fraction of sp³-hybridized carbons (Fsp3) is 0.842. The van der Waals surface area contributed by atoms with Crippen LogP contribution in [0.1, 0.15) is 65.7 Å². The van der Waals surface area contributed by atoms with Crippen LogP contribution in [0.5, 0.6) is 0 Å². The average Bonchev–Trinajstić information content (AvgIpc) is 2.61. The van der Waals surface area contributed by atoms with Crippen molar-refractivity contribution in [2.45, 2.75) is 71.3 Å². The molecule has 0 unspecified atom stereocenters. The first-order valence-electron chi connectivity index (χ1n) is 9.63. The molecule has 0 aromatic carbocycles. The van der Waals surface area contributed by atoms with E-state index in [-0.39, 0.29) is 23.7 Å². The Morgan fingerprint density at radius 3 is 2.12 bits per heavy atom. The number of amides is 2. The lowest BCUT2D eigenvalue weighted by Gasteiger charge is -2.39. The summed E-state index contributed by atoms with van der Waals surface area (Å²) in [7, 11) is 0. The van der Waals surface area contributed by atoms with Crippen molar-refractivity contribution in [2.75, 3.05) is 13.1 Å². The van der Waals surface area contributed by atoms with Crippen LogP contribution in [0, 0.1) is 17.8 Å². The Hall–Kier alpha value is -1.59. The Balaban J connectivity index is 1.92. The van der Waals surface area contributed by atoms with Crippen molar-refractivity contribution in [3.05, 3.63) is 0 Å². The standard InChI is InChI=1S/C19H32N2O4/c1-4-14-5-9-19(10-6-14,18(24)25)20-16(22)15-7-11-21(12-8-15)17(23)13(2)3/h13-15H,4-12H2,1-3H3,(H,20,22)(H,24,25). The van der Waals surface area contributed by atoms with Gasteiger partial charge in [-0.3, -0.25) is 9.59 Å². The van der Waals surface area contributed by atoms with E-state index in [1.807, 2.05) is 18.7 Å². The van der Waals surface area contributed by atoms with Gasteiger partial charge in [0.2, 0.25) is 11.8 Å². The number of nitrogens with one attached hydrogen (secondary N) is 1. The van der Waals surface area contributed by atoms with Crippen molar-refractivity contribution < 1.29 is 19.5 Å². The maximum absolute atomic E-state index is 12.7. The molecule has 1 heterocycles. The van der Waals surface area contributed by atoms with Gasteiger partial charge in [-0.05, 0) is 44.4 Å². The van der Waals surface area contributed by atoms with E-state index in [9.17, 15) is 19.5 Å². The summed E-state index contributed by atoms with van der Waals surface area (Å²) in [5.41, 5.74) is -1.10. The average molecular weight is 352 g/mol. The molecule has 2 N–H and O–H groups in total. The van der Waals surface area contributed by atoms with E-state index in [1.165, 1.54) is 0 Å². The first kappa shape index (κ1) is 19.7. The SMILES string of the molecule is CCC1CCC(NC(=O)C2CCN(C(=O)C(C)C)CC2)(C(=O)O)CC1. The summed E-state index contributed by atoms with van der Waals surface area (Å²) in [5, 5.41) is 12.6. The van der Waals surface area contributed by atoms with Crippen LogP contribution in [0.25, 0.3) is 0 Å². The van der Waals surface area contributed by atoms with E-state index in [1.54, 1.807) is 0 Å². The van der Waals surface area contributed by atoms with Gasteiger partial charge >= 0.3 is 5.97 Å². The van der Waals surface area contributed by atoms with Gasteiger partial charge in [-0.2, -0.15) is 0 Å². The van der Waals surface area contributed by atoms with Crippen molar-refractivity contribution in [3.8, 4) is 0 Å². The fourth-order valence-corrected chi connectivity index (χ4v) is 4.04. The molecule has 0 aromatic rings. The zero-order valence-corrected chi connectivity index (χ0v) is 15.7. The van der Waals surface area contributed by atoms with Crippen LogP contribution in [0.3, 0.4) is 0 Å². The maximum atomic E-state index is 12.7. The number of aliphatic carboxylic acids is 1. The number of carboxylic acids is 1. The lowest BCUT2D eigenvalue weighted by atomic mass is 9.75. The molecule has 1 saturated carbocycles. The van der Waals surface area contributed by atoms with Crippen molar-refractivity contribution in [3.63, 3.8) is 0 Å². The van der Waals surface area contributed by atoms with Crippen molar-refractivity contribution in [1.29, 1.82) is 0 Å². The van der Waals surface area contributed by atoms with E-state index in [2.05, 4.69) is 12.2 Å². The Labute approximate surface area is 150 Å². The Morgan fingerprint density at radius 1 is 1.12 bits per heavy atom. The molecule has 2 aliphatic rings. The van der Waals surface area contributed by atoms with Crippen LogP contribution in [0.4, 0.5) is 0 Å². The molecule has 2 amide bonds. The predicted molar refractivity (Wildman–Crippen MR) is 94.9 cm³/mol. The minimum absolute atomic E-state index is 0.0330. The molecule has 25 heavy (non-hydrogen) atoms. The third kappa shape index (κ3) is 4.53. The maximum Gasteiger partial charge on any atom is 0.329 e. The third-order valence-electron chi connectivity index (χ3n) is 5.98. The van der Waals surface area contributed by atoms with E-state index >= 15 is 0 Å². The highest BCUT2D eigenvalue weighted by Gasteiger charge is 2.44. The van der Waals surface area contributed by atoms with Gasteiger partial charge in [0.05, 0.1) is 0 Å². The number of nitrogens with zero attached hydrogens (tertiary/aromatic N) is 1. The van der Waals surface area contributed by atoms with Gasteiger partial charge in [0, 0.05) is 24.9 Å². The lowest BCUT2D eigenvalue weighted by molar-refractivity contribution is -0.151. The summed E-state index contributed by atoms with van der Waals surface area (Å²) in [6.07, 6.45) is 5.00. The Bertz CT molecular complexity index is 502. The molecule has 2 rings (SSSR count). The second-order valence-electron chi connectivity index (χ2n) is 7.98. The van der Waals surface area contributed by atoms with Crippen LogP contribution < -0.4 is 5.32 Å². The highest BCUT2D eigenvalue weighted by atomic mass is 16.4. The van der Waals surface area contributed by atoms with Gasteiger partial charge in [-0.25, -0.2) is 4.79 Å². The molecular formula is C19H32N2O4. The molecular weight excluding hydrogens is 320 g/mol. The highest BCUT2D eigenvalue weighted by Crippen LogP contribution is 2.34.